The minimum atomic E-state index is 0.379. The Labute approximate surface area is 122 Å². The Morgan fingerprint density at radius 3 is 3.00 bits per heavy atom. The summed E-state index contributed by atoms with van der Waals surface area (Å²) in [5.74, 6) is 1.24. The number of anilines is 1. The third-order valence-electron chi connectivity index (χ3n) is 3.55. The smallest absolute Gasteiger partial charge is 0.186 e. The molecule has 0 saturated carbocycles. The van der Waals surface area contributed by atoms with Crippen LogP contribution in [0.15, 0.2) is 24.3 Å². The number of nitriles is 1. The van der Waals surface area contributed by atoms with E-state index in [-0.39, 0.29) is 0 Å². The molecule has 20 heavy (non-hydrogen) atoms. The van der Waals surface area contributed by atoms with E-state index < -0.39 is 0 Å². The molecular formula is C15H16N4S. The predicted octanol–water partition coefficient (Wildman–Crippen LogP) is 3.20. The summed E-state index contributed by atoms with van der Waals surface area (Å²) >= 11 is 2.02. The second kappa shape index (κ2) is 6.10. The Morgan fingerprint density at radius 1 is 1.30 bits per heavy atom. The second-order valence-corrected chi connectivity index (χ2v) is 6.33. The summed E-state index contributed by atoms with van der Waals surface area (Å²) in [6.45, 7) is 0.884. The highest BCUT2D eigenvalue weighted by Crippen LogP contribution is 2.28. The molecule has 0 aliphatic carbocycles. The maximum Gasteiger partial charge on any atom is 0.186 e. The summed E-state index contributed by atoms with van der Waals surface area (Å²) < 4.78 is 0. The van der Waals surface area contributed by atoms with Gasteiger partial charge < -0.3 is 5.32 Å². The molecule has 0 bridgehead atoms. The fourth-order valence-corrected chi connectivity index (χ4v) is 3.73. The van der Waals surface area contributed by atoms with Crippen LogP contribution < -0.4 is 5.32 Å². The molecule has 3 rings (SSSR count). The molecule has 4 nitrogen and oxygen atoms in total. The minimum Gasteiger partial charge on any atom is -0.381 e. The monoisotopic (exact) mass is 284 g/mol. The molecule has 1 fully saturated rings. The van der Waals surface area contributed by atoms with Gasteiger partial charge >= 0.3 is 0 Å². The molecule has 2 heterocycles. The second-order valence-electron chi connectivity index (χ2n) is 4.92. The van der Waals surface area contributed by atoms with E-state index in [1.807, 2.05) is 36.0 Å². The summed E-state index contributed by atoms with van der Waals surface area (Å²) in [5.41, 5.74) is 2.03. The molecular weight excluding hydrogens is 268 g/mol. The minimum absolute atomic E-state index is 0.379. The van der Waals surface area contributed by atoms with Gasteiger partial charge in [0.05, 0.1) is 11.2 Å². The number of aromatic nitrogens is 2. The number of benzene rings is 1. The lowest BCUT2D eigenvalue weighted by Crippen LogP contribution is -2.20. The fourth-order valence-electron chi connectivity index (χ4n) is 2.50. The molecule has 0 amide bonds. The predicted molar refractivity (Wildman–Crippen MR) is 82.8 cm³/mol. The summed E-state index contributed by atoms with van der Waals surface area (Å²) in [4.78, 5) is 0. The van der Waals surface area contributed by atoms with E-state index >= 15 is 0 Å². The Bertz CT molecular complexity index is 644. The standard InChI is InChI=1S/C15H16N4S/c16-9-14-15(17-10-11-5-3-4-8-20-11)12-6-1-2-7-13(12)18-19-14/h1-2,6-7,11H,3-5,8,10H2,(H,17,18). The first-order chi connectivity index (χ1) is 9.88. The zero-order valence-electron chi connectivity index (χ0n) is 11.2. The van der Waals surface area contributed by atoms with E-state index in [0.29, 0.717) is 10.9 Å². The Kier molecular flexibility index (Phi) is 4.03. The highest BCUT2D eigenvalue weighted by atomic mass is 32.2. The molecule has 1 N–H and O–H groups in total. The van der Waals surface area contributed by atoms with Crippen LogP contribution in [0.1, 0.15) is 25.0 Å². The van der Waals surface area contributed by atoms with E-state index in [2.05, 4.69) is 21.6 Å². The fraction of sp³-hybridized carbons (Fsp3) is 0.400. The van der Waals surface area contributed by atoms with Crippen molar-refractivity contribution in [2.24, 2.45) is 0 Å². The number of fused-ring (bicyclic) bond motifs is 1. The third kappa shape index (κ3) is 2.70. The number of nitrogens with zero attached hydrogens (tertiary/aromatic N) is 3. The quantitative estimate of drug-likeness (QED) is 0.937. The largest absolute Gasteiger partial charge is 0.381 e. The van der Waals surface area contributed by atoms with Crippen molar-refractivity contribution in [3.05, 3.63) is 30.0 Å². The van der Waals surface area contributed by atoms with Gasteiger partial charge in [0.15, 0.2) is 5.69 Å². The molecule has 102 valence electrons. The molecule has 0 spiro atoms. The number of nitrogens with one attached hydrogen (secondary N) is 1. The molecule has 1 aliphatic heterocycles. The first-order valence-corrected chi connectivity index (χ1v) is 7.94. The van der Waals surface area contributed by atoms with Crippen LogP contribution in [0, 0.1) is 11.3 Å². The number of rotatable bonds is 3. The van der Waals surface area contributed by atoms with Crippen molar-refractivity contribution in [3.63, 3.8) is 0 Å². The molecule has 1 aliphatic rings. The normalized spacial score (nSPS) is 18.6. The Balaban J connectivity index is 1.87. The molecule has 1 unspecified atom stereocenters. The maximum absolute atomic E-state index is 9.22. The van der Waals surface area contributed by atoms with Crippen LogP contribution in [0.4, 0.5) is 5.69 Å². The van der Waals surface area contributed by atoms with Gasteiger partial charge in [-0.25, -0.2) is 0 Å². The van der Waals surface area contributed by atoms with Gasteiger partial charge in [-0.15, -0.1) is 10.2 Å². The van der Waals surface area contributed by atoms with Gasteiger partial charge in [0.25, 0.3) is 0 Å². The van der Waals surface area contributed by atoms with Crippen molar-refractivity contribution in [1.82, 2.24) is 10.2 Å². The summed E-state index contributed by atoms with van der Waals surface area (Å²) in [5, 5.41) is 22.3. The van der Waals surface area contributed by atoms with Gasteiger partial charge in [0, 0.05) is 17.2 Å². The van der Waals surface area contributed by atoms with Crippen molar-refractivity contribution >= 4 is 28.4 Å². The highest BCUT2D eigenvalue weighted by Gasteiger charge is 2.16. The van der Waals surface area contributed by atoms with Crippen LogP contribution in [0.5, 0.6) is 0 Å². The average Bonchev–Trinajstić information content (AvgIpc) is 2.53. The Hall–Kier alpha value is -1.80. The third-order valence-corrected chi connectivity index (χ3v) is 4.95. The number of thioether (sulfide) groups is 1. The molecule has 1 atom stereocenters. The van der Waals surface area contributed by atoms with Crippen LogP contribution in [0.3, 0.4) is 0 Å². The van der Waals surface area contributed by atoms with Gasteiger partial charge in [-0.05, 0) is 24.7 Å². The summed E-state index contributed by atoms with van der Waals surface area (Å²) in [6, 6.07) is 9.94. The lowest BCUT2D eigenvalue weighted by molar-refractivity contribution is 0.677. The van der Waals surface area contributed by atoms with Gasteiger partial charge in [0.2, 0.25) is 0 Å². The first kappa shape index (κ1) is 13.2. The summed E-state index contributed by atoms with van der Waals surface area (Å²) in [6.07, 6.45) is 3.88. The molecule has 0 radical (unpaired) electrons. The molecule has 2 aromatic rings. The van der Waals surface area contributed by atoms with Crippen LogP contribution in [-0.4, -0.2) is 27.7 Å². The number of hydrogen-bond acceptors (Lipinski definition) is 5. The van der Waals surface area contributed by atoms with E-state index in [0.717, 1.165) is 23.1 Å². The zero-order chi connectivity index (χ0) is 13.8. The Morgan fingerprint density at radius 2 is 2.20 bits per heavy atom. The van der Waals surface area contributed by atoms with Gasteiger partial charge in [0.1, 0.15) is 6.07 Å². The molecule has 1 aromatic carbocycles. The van der Waals surface area contributed by atoms with Crippen molar-refractivity contribution < 1.29 is 0 Å². The maximum atomic E-state index is 9.22. The van der Waals surface area contributed by atoms with E-state index in [9.17, 15) is 5.26 Å². The SMILES string of the molecule is N#Cc1nnc2ccccc2c1NCC1CCCCS1. The number of hydrogen-bond donors (Lipinski definition) is 1. The van der Waals surface area contributed by atoms with Crippen molar-refractivity contribution in [1.29, 1.82) is 5.26 Å². The van der Waals surface area contributed by atoms with Gasteiger partial charge in [-0.1, -0.05) is 24.6 Å². The van der Waals surface area contributed by atoms with E-state index in [1.54, 1.807) is 0 Å². The van der Waals surface area contributed by atoms with Gasteiger partial charge in [-0.3, -0.25) is 0 Å². The average molecular weight is 284 g/mol. The lowest BCUT2D eigenvalue weighted by atomic mass is 10.1. The first-order valence-electron chi connectivity index (χ1n) is 6.89. The van der Waals surface area contributed by atoms with Crippen LogP contribution in [-0.2, 0) is 0 Å². The van der Waals surface area contributed by atoms with Crippen LogP contribution >= 0.6 is 11.8 Å². The topological polar surface area (TPSA) is 61.6 Å². The molecule has 5 heteroatoms. The van der Waals surface area contributed by atoms with Gasteiger partial charge in [-0.2, -0.15) is 17.0 Å². The van der Waals surface area contributed by atoms with Crippen molar-refractivity contribution in [2.75, 3.05) is 17.6 Å². The van der Waals surface area contributed by atoms with E-state index in [1.165, 1.54) is 25.0 Å². The lowest BCUT2D eigenvalue weighted by Gasteiger charge is -2.22. The highest BCUT2D eigenvalue weighted by molar-refractivity contribution is 7.99. The molecule has 1 saturated heterocycles. The van der Waals surface area contributed by atoms with Crippen molar-refractivity contribution in [3.8, 4) is 6.07 Å². The van der Waals surface area contributed by atoms with Crippen LogP contribution in [0.25, 0.3) is 10.9 Å². The van der Waals surface area contributed by atoms with Crippen LogP contribution in [0.2, 0.25) is 0 Å². The van der Waals surface area contributed by atoms with E-state index in [4.69, 9.17) is 0 Å². The summed E-state index contributed by atoms with van der Waals surface area (Å²) in [7, 11) is 0. The zero-order valence-corrected chi connectivity index (χ0v) is 12.0. The molecule has 1 aromatic heterocycles. The van der Waals surface area contributed by atoms with Crippen molar-refractivity contribution in [2.45, 2.75) is 24.5 Å².